The minimum absolute atomic E-state index is 0.226. The predicted octanol–water partition coefficient (Wildman–Crippen LogP) is 6.63. The van der Waals surface area contributed by atoms with Gasteiger partial charge in [-0.2, -0.15) is 0 Å². The van der Waals surface area contributed by atoms with Crippen molar-refractivity contribution in [3.63, 3.8) is 0 Å². The molecule has 1 amide bonds. The lowest BCUT2D eigenvalue weighted by Crippen LogP contribution is -2.49. The summed E-state index contributed by atoms with van der Waals surface area (Å²) in [6.45, 7) is 2.12. The smallest absolute Gasteiger partial charge is 0.238 e. The van der Waals surface area contributed by atoms with Crippen LogP contribution < -0.4 is 10.1 Å². The Labute approximate surface area is 251 Å². The van der Waals surface area contributed by atoms with Crippen LogP contribution in [0.1, 0.15) is 62.4 Å². The van der Waals surface area contributed by atoms with Gasteiger partial charge in [0.25, 0.3) is 0 Å². The normalized spacial score (nSPS) is 23.0. The maximum Gasteiger partial charge on any atom is 0.238 e. The highest BCUT2D eigenvalue weighted by molar-refractivity contribution is 6.16. The fourth-order valence-electron chi connectivity index (χ4n) is 7.42. The average Bonchev–Trinajstić information content (AvgIpc) is 3.53. The molecule has 4 aromatic carbocycles. The van der Waals surface area contributed by atoms with Gasteiger partial charge in [0, 0.05) is 23.0 Å². The lowest BCUT2D eigenvalue weighted by atomic mass is 9.62. The molecule has 4 aromatic rings. The molecule has 4 atom stereocenters. The second kappa shape index (κ2) is 10.4. The van der Waals surface area contributed by atoms with Crippen molar-refractivity contribution in [2.75, 3.05) is 12.4 Å². The fourth-order valence-corrected chi connectivity index (χ4v) is 7.42. The Morgan fingerprint density at radius 1 is 0.884 bits per heavy atom. The van der Waals surface area contributed by atoms with Gasteiger partial charge in [0.2, 0.25) is 5.91 Å². The monoisotopic (exact) mass is 568 g/mol. The number of methoxy groups -OCH3 is 1. The van der Waals surface area contributed by atoms with E-state index in [1.54, 1.807) is 31.4 Å². The van der Waals surface area contributed by atoms with E-state index in [0.717, 1.165) is 35.1 Å². The number of amides is 1. The maximum absolute atomic E-state index is 14.9. The molecule has 214 valence electrons. The number of carbonyl (C=O) groups is 3. The molecule has 0 saturated carbocycles. The van der Waals surface area contributed by atoms with E-state index < -0.39 is 23.4 Å². The van der Waals surface area contributed by atoms with Crippen LogP contribution in [0.5, 0.6) is 5.75 Å². The number of rotatable bonds is 7. The van der Waals surface area contributed by atoms with E-state index in [4.69, 9.17) is 4.74 Å². The summed E-state index contributed by atoms with van der Waals surface area (Å²) in [6, 6.07) is 28.6. The molecule has 4 unspecified atom stereocenters. The Morgan fingerprint density at radius 2 is 1.65 bits per heavy atom. The summed E-state index contributed by atoms with van der Waals surface area (Å²) in [4.78, 5) is 46.2. The molecule has 6 nitrogen and oxygen atoms in total. The molecule has 7 rings (SSSR count). The van der Waals surface area contributed by atoms with Crippen LogP contribution in [0, 0.1) is 5.92 Å². The topological polar surface area (TPSA) is 75.7 Å². The van der Waals surface area contributed by atoms with Crippen LogP contribution in [-0.2, 0) is 16.6 Å². The van der Waals surface area contributed by atoms with Gasteiger partial charge in [-0.15, -0.1) is 0 Å². The van der Waals surface area contributed by atoms with Crippen molar-refractivity contribution in [3.05, 3.63) is 137 Å². The van der Waals surface area contributed by atoms with Gasteiger partial charge >= 0.3 is 0 Å². The summed E-state index contributed by atoms with van der Waals surface area (Å²) in [7, 11) is 1.56. The highest BCUT2D eigenvalue weighted by Crippen LogP contribution is 2.62. The van der Waals surface area contributed by atoms with Crippen LogP contribution in [0.3, 0.4) is 0 Å². The highest BCUT2D eigenvalue weighted by Gasteiger charge is 2.70. The molecule has 1 spiro atoms. The Balaban J connectivity index is 1.50. The van der Waals surface area contributed by atoms with E-state index in [0.29, 0.717) is 22.6 Å². The van der Waals surface area contributed by atoms with Crippen molar-refractivity contribution in [2.24, 2.45) is 5.92 Å². The molecule has 1 saturated heterocycles. The maximum atomic E-state index is 14.9. The first-order valence-corrected chi connectivity index (χ1v) is 14.8. The Hall–Kier alpha value is -4.97. The van der Waals surface area contributed by atoms with Crippen molar-refractivity contribution in [3.8, 4) is 5.75 Å². The van der Waals surface area contributed by atoms with Crippen LogP contribution in [-0.4, -0.2) is 35.5 Å². The van der Waals surface area contributed by atoms with E-state index in [-0.39, 0.29) is 17.5 Å². The van der Waals surface area contributed by atoms with Gasteiger partial charge in [0.15, 0.2) is 11.6 Å². The largest absolute Gasteiger partial charge is 0.497 e. The number of nitrogens with one attached hydrogen (secondary N) is 1. The first-order chi connectivity index (χ1) is 21.0. The third kappa shape index (κ3) is 3.97. The second-order valence-corrected chi connectivity index (χ2v) is 11.5. The summed E-state index contributed by atoms with van der Waals surface area (Å²) in [6.07, 6.45) is 5.77. The van der Waals surface area contributed by atoms with E-state index in [1.807, 2.05) is 90.0 Å². The molecule has 1 fully saturated rings. The molecule has 3 heterocycles. The van der Waals surface area contributed by atoms with Crippen LogP contribution >= 0.6 is 0 Å². The van der Waals surface area contributed by atoms with Gasteiger partial charge in [-0.25, -0.2) is 0 Å². The Bertz CT molecular complexity index is 1790. The lowest BCUT2D eigenvalue weighted by molar-refractivity contribution is -0.122. The third-order valence-electron chi connectivity index (χ3n) is 9.25. The summed E-state index contributed by atoms with van der Waals surface area (Å²) < 4.78 is 5.44. The first-order valence-electron chi connectivity index (χ1n) is 14.8. The molecule has 43 heavy (non-hydrogen) atoms. The number of hydrogen-bond donors (Lipinski definition) is 1. The molecule has 0 radical (unpaired) electrons. The zero-order valence-corrected chi connectivity index (χ0v) is 24.1. The molecular weight excluding hydrogens is 536 g/mol. The van der Waals surface area contributed by atoms with E-state index in [1.165, 1.54) is 0 Å². The number of ketones is 2. The van der Waals surface area contributed by atoms with Crippen LogP contribution in [0.4, 0.5) is 5.69 Å². The number of ether oxygens (including phenoxy) is 1. The Morgan fingerprint density at radius 3 is 2.44 bits per heavy atom. The Kier molecular flexibility index (Phi) is 6.50. The minimum atomic E-state index is -1.35. The van der Waals surface area contributed by atoms with Crippen molar-refractivity contribution in [2.45, 2.75) is 37.3 Å². The number of aryl methyl sites for hydroxylation is 1. The van der Waals surface area contributed by atoms with Gasteiger partial charge in [0.05, 0.1) is 19.1 Å². The number of anilines is 1. The van der Waals surface area contributed by atoms with Crippen LogP contribution in [0.2, 0.25) is 0 Å². The van der Waals surface area contributed by atoms with Gasteiger partial charge in [-0.3, -0.25) is 14.4 Å². The number of fused-ring (bicyclic) bond motifs is 6. The van der Waals surface area contributed by atoms with Crippen molar-refractivity contribution >= 4 is 29.2 Å². The molecule has 1 N–H and O–H groups in total. The number of Topliss-reactive ketones (excluding diaryl/α,β-unsaturated/α-hetero) is 2. The molecule has 0 aromatic heterocycles. The number of nitrogens with zero attached hydrogens (tertiary/aromatic N) is 1. The van der Waals surface area contributed by atoms with E-state index >= 15 is 0 Å². The molecule has 3 aliphatic heterocycles. The second-order valence-electron chi connectivity index (χ2n) is 11.5. The number of hydrogen-bond acceptors (Lipinski definition) is 5. The van der Waals surface area contributed by atoms with Crippen molar-refractivity contribution in [1.29, 1.82) is 0 Å². The molecule has 0 bridgehead atoms. The standard InChI is InChI=1S/C37H32N2O4/c1-3-9-23-16-18-25(19-17-23)33(40)31-32(34(41)26-11-8-12-27(22-26)43-2)39-21-20-24-10-4-5-13-28(24)35(39)37(31)29-14-6-7-15-30(29)38-36(37)42/h4-8,10-22,31-32,35H,3,9H2,1-2H3,(H,38,42). The fraction of sp³-hybridized carbons (Fsp3) is 0.216. The average molecular weight is 569 g/mol. The number of benzene rings is 4. The number of para-hydroxylation sites is 1. The third-order valence-corrected chi connectivity index (χ3v) is 9.25. The predicted molar refractivity (Wildman–Crippen MR) is 166 cm³/mol. The molecule has 6 heteroatoms. The summed E-state index contributed by atoms with van der Waals surface area (Å²) in [5.74, 6) is -1.18. The SMILES string of the molecule is CCCc1ccc(C(=O)C2C(C(=O)c3cccc(OC)c3)N3C=Cc4ccccc4C3C23C(=O)Nc2ccccc23)cc1. The lowest BCUT2D eigenvalue weighted by Gasteiger charge is -2.38. The quantitative estimate of drug-likeness (QED) is 0.253. The molecule has 0 aliphatic carbocycles. The van der Waals surface area contributed by atoms with Gasteiger partial charge < -0.3 is 15.0 Å². The van der Waals surface area contributed by atoms with Gasteiger partial charge in [-0.1, -0.05) is 92.2 Å². The van der Waals surface area contributed by atoms with Gasteiger partial charge in [-0.05, 0) is 52.9 Å². The zero-order chi connectivity index (χ0) is 29.7. The van der Waals surface area contributed by atoms with Gasteiger partial charge in [0.1, 0.15) is 17.2 Å². The number of carbonyl (C=O) groups excluding carboxylic acids is 3. The van der Waals surface area contributed by atoms with E-state index in [2.05, 4.69) is 12.2 Å². The first kappa shape index (κ1) is 26.9. The van der Waals surface area contributed by atoms with Crippen molar-refractivity contribution < 1.29 is 19.1 Å². The van der Waals surface area contributed by atoms with E-state index in [9.17, 15) is 14.4 Å². The minimum Gasteiger partial charge on any atom is -0.497 e. The zero-order valence-electron chi connectivity index (χ0n) is 24.1. The van der Waals surface area contributed by atoms with Crippen LogP contribution in [0.25, 0.3) is 6.08 Å². The molecule has 3 aliphatic rings. The molecular formula is C37H32N2O4. The summed E-state index contributed by atoms with van der Waals surface area (Å²) >= 11 is 0. The van der Waals surface area contributed by atoms with Crippen molar-refractivity contribution in [1.82, 2.24) is 4.90 Å². The van der Waals surface area contributed by atoms with Crippen LogP contribution in [0.15, 0.2) is 103 Å². The summed E-state index contributed by atoms with van der Waals surface area (Å²) in [5.41, 5.74) is 3.99. The highest BCUT2D eigenvalue weighted by atomic mass is 16.5. The summed E-state index contributed by atoms with van der Waals surface area (Å²) in [5, 5.41) is 3.10.